The zero-order valence-electron chi connectivity index (χ0n) is 11.4. The number of carbonyl (C=O) groups excluding carboxylic acids is 2. The first-order valence-electron chi connectivity index (χ1n) is 6.66. The third-order valence-corrected chi connectivity index (χ3v) is 3.66. The maximum atomic E-state index is 11.9. The third-order valence-electron chi connectivity index (χ3n) is 3.17. The Hall–Kier alpha value is -1.62. The Bertz CT molecular complexity index is 634. The van der Waals surface area contributed by atoms with E-state index in [9.17, 15) is 9.59 Å². The normalized spacial score (nSPS) is 10.7. The number of hydrogen-bond donors (Lipinski definition) is 1. The molecule has 0 aliphatic rings. The first kappa shape index (κ1) is 14.8. The molecule has 2 rings (SSSR count). The fourth-order valence-electron chi connectivity index (χ4n) is 2.14. The SMILES string of the molecule is CCCCNC(=O)Cn1cc(C=O)c2cc(Br)ccc21. The Labute approximate surface area is 126 Å². The number of aldehydes is 1. The van der Waals surface area contributed by atoms with Gasteiger partial charge in [0.15, 0.2) is 6.29 Å². The minimum atomic E-state index is -0.0317. The Morgan fingerprint density at radius 2 is 2.25 bits per heavy atom. The zero-order chi connectivity index (χ0) is 14.5. The molecular weight excluding hydrogens is 320 g/mol. The highest BCUT2D eigenvalue weighted by atomic mass is 79.9. The van der Waals surface area contributed by atoms with E-state index in [-0.39, 0.29) is 12.5 Å². The fraction of sp³-hybridized carbons (Fsp3) is 0.333. The highest BCUT2D eigenvalue weighted by Gasteiger charge is 2.10. The first-order chi connectivity index (χ1) is 9.65. The van der Waals surface area contributed by atoms with E-state index in [1.54, 1.807) is 6.20 Å². The van der Waals surface area contributed by atoms with Crippen LogP contribution in [-0.4, -0.2) is 23.3 Å². The van der Waals surface area contributed by atoms with Crippen molar-refractivity contribution >= 4 is 39.0 Å². The van der Waals surface area contributed by atoms with E-state index in [4.69, 9.17) is 0 Å². The number of nitrogens with one attached hydrogen (secondary N) is 1. The number of halogens is 1. The van der Waals surface area contributed by atoms with Crippen LogP contribution in [0, 0.1) is 0 Å². The lowest BCUT2D eigenvalue weighted by Gasteiger charge is -2.06. The van der Waals surface area contributed by atoms with Gasteiger partial charge in [-0.2, -0.15) is 0 Å². The van der Waals surface area contributed by atoms with Crippen LogP contribution in [0.5, 0.6) is 0 Å². The van der Waals surface area contributed by atoms with Gasteiger partial charge in [0.05, 0.1) is 0 Å². The van der Waals surface area contributed by atoms with E-state index in [1.807, 2.05) is 22.8 Å². The molecule has 0 atom stereocenters. The van der Waals surface area contributed by atoms with Gasteiger partial charge in [-0.25, -0.2) is 0 Å². The Balaban J connectivity index is 2.22. The van der Waals surface area contributed by atoms with Crippen molar-refractivity contribution in [2.45, 2.75) is 26.3 Å². The van der Waals surface area contributed by atoms with Crippen LogP contribution in [-0.2, 0) is 11.3 Å². The van der Waals surface area contributed by atoms with Gasteiger partial charge in [0.25, 0.3) is 0 Å². The average molecular weight is 337 g/mol. The van der Waals surface area contributed by atoms with Crippen LogP contribution < -0.4 is 5.32 Å². The van der Waals surface area contributed by atoms with Gasteiger partial charge in [0, 0.05) is 33.7 Å². The Kier molecular flexibility index (Phi) is 4.95. The predicted octanol–water partition coefficient (Wildman–Crippen LogP) is 3.13. The van der Waals surface area contributed by atoms with E-state index in [2.05, 4.69) is 28.2 Å². The summed E-state index contributed by atoms with van der Waals surface area (Å²) < 4.78 is 2.73. The van der Waals surface area contributed by atoms with E-state index in [0.29, 0.717) is 12.1 Å². The number of fused-ring (bicyclic) bond motifs is 1. The summed E-state index contributed by atoms with van der Waals surface area (Å²) in [6.45, 7) is 3.01. The summed E-state index contributed by atoms with van der Waals surface area (Å²) in [6.07, 6.45) is 4.57. The van der Waals surface area contributed by atoms with Crippen LogP contribution in [0.15, 0.2) is 28.9 Å². The van der Waals surface area contributed by atoms with Crippen molar-refractivity contribution in [1.82, 2.24) is 9.88 Å². The lowest BCUT2D eigenvalue weighted by Crippen LogP contribution is -2.28. The number of carbonyl (C=O) groups is 2. The second-order valence-electron chi connectivity index (χ2n) is 4.70. The molecule has 0 aliphatic carbocycles. The minimum absolute atomic E-state index is 0.0317. The number of rotatable bonds is 6. The third kappa shape index (κ3) is 3.28. The second kappa shape index (κ2) is 6.70. The molecule has 0 unspecified atom stereocenters. The molecule has 1 N–H and O–H groups in total. The molecule has 0 bridgehead atoms. The van der Waals surface area contributed by atoms with Gasteiger partial charge in [-0.3, -0.25) is 9.59 Å². The van der Waals surface area contributed by atoms with Crippen molar-refractivity contribution in [1.29, 1.82) is 0 Å². The van der Waals surface area contributed by atoms with E-state index in [1.165, 1.54) is 0 Å². The maximum Gasteiger partial charge on any atom is 0.239 e. The van der Waals surface area contributed by atoms with E-state index >= 15 is 0 Å². The molecule has 0 radical (unpaired) electrons. The molecule has 0 fully saturated rings. The number of amides is 1. The molecule has 0 saturated heterocycles. The lowest BCUT2D eigenvalue weighted by molar-refractivity contribution is -0.121. The monoisotopic (exact) mass is 336 g/mol. The number of unbranched alkanes of at least 4 members (excludes halogenated alkanes) is 1. The summed E-state index contributed by atoms with van der Waals surface area (Å²) in [6, 6.07) is 5.71. The second-order valence-corrected chi connectivity index (χ2v) is 5.61. The van der Waals surface area contributed by atoms with Crippen molar-refractivity contribution < 1.29 is 9.59 Å². The van der Waals surface area contributed by atoms with Crippen LogP contribution in [0.1, 0.15) is 30.1 Å². The molecule has 0 spiro atoms. The van der Waals surface area contributed by atoms with Crippen molar-refractivity contribution in [3.8, 4) is 0 Å². The smallest absolute Gasteiger partial charge is 0.239 e. The largest absolute Gasteiger partial charge is 0.355 e. The molecule has 0 saturated carbocycles. The number of aromatic nitrogens is 1. The van der Waals surface area contributed by atoms with Crippen molar-refractivity contribution in [3.63, 3.8) is 0 Å². The fourth-order valence-corrected chi connectivity index (χ4v) is 2.50. The standard InChI is InChI=1S/C15H17BrN2O2/c1-2-3-6-17-15(20)9-18-8-11(10-19)13-7-12(16)4-5-14(13)18/h4-5,7-8,10H,2-3,6,9H2,1H3,(H,17,20). The Morgan fingerprint density at radius 3 is 2.95 bits per heavy atom. The van der Waals surface area contributed by atoms with Gasteiger partial charge in [-0.05, 0) is 24.6 Å². The van der Waals surface area contributed by atoms with E-state index in [0.717, 1.165) is 34.5 Å². The number of nitrogens with zero attached hydrogens (tertiary/aromatic N) is 1. The molecule has 1 aromatic carbocycles. The van der Waals surface area contributed by atoms with Crippen molar-refractivity contribution in [2.24, 2.45) is 0 Å². The quantitative estimate of drug-likeness (QED) is 0.650. The summed E-state index contributed by atoms with van der Waals surface area (Å²) in [5.41, 5.74) is 1.49. The van der Waals surface area contributed by atoms with Crippen LogP contribution in [0.4, 0.5) is 0 Å². The van der Waals surface area contributed by atoms with Crippen LogP contribution >= 0.6 is 15.9 Å². The molecule has 1 heterocycles. The van der Waals surface area contributed by atoms with Gasteiger partial charge in [0.2, 0.25) is 5.91 Å². The first-order valence-corrected chi connectivity index (χ1v) is 7.45. The molecule has 1 aromatic heterocycles. The van der Waals surface area contributed by atoms with Gasteiger partial charge < -0.3 is 9.88 Å². The highest BCUT2D eigenvalue weighted by Crippen LogP contribution is 2.24. The highest BCUT2D eigenvalue weighted by molar-refractivity contribution is 9.10. The Morgan fingerprint density at radius 1 is 1.45 bits per heavy atom. The summed E-state index contributed by atoms with van der Waals surface area (Å²) in [4.78, 5) is 23.0. The molecule has 106 valence electrons. The molecule has 1 amide bonds. The van der Waals surface area contributed by atoms with Crippen LogP contribution in [0.25, 0.3) is 10.9 Å². The average Bonchev–Trinajstić information content (AvgIpc) is 2.76. The van der Waals surface area contributed by atoms with Gasteiger partial charge in [-0.15, -0.1) is 0 Å². The maximum absolute atomic E-state index is 11.9. The lowest BCUT2D eigenvalue weighted by atomic mass is 10.2. The predicted molar refractivity (Wildman–Crippen MR) is 82.9 cm³/mol. The number of hydrogen-bond acceptors (Lipinski definition) is 2. The minimum Gasteiger partial charge on any atom is -0.355 e. The summed E-state index contributed by atoms with van der Waals surface area (Å²) in [5, 5.41) is 3.74. The molecule has 5 heteroatoms. The van der Waals surface area contributed by atoms with Gasteiger partial charge in [-0.1, -0.05) is 29.3 Å². The molecule has 0 aliphatic heterocycles. The zero-order valence-corrected chi connectivity index (χ0v) is 12.9. The van der Waals surface area contributed by atoms with Crippen molar-refractivity contribution in [2.75, 3.05) is 6.54 Å². The van der Waals surface area contributed by atoms with Gasteiger partial charge in [0.1, 0.15) is 6.54 Å². The van der Waals surface area contributed by atoms with E-state index < -0.39 is 0 Å². The van der Waals surface area contributed by atoms with Crippen LogP contribution in [0.2, 0.25) is 0 Å². The molecule has 4 nitrogen and oxygen atoms in total. The summed E-state index contributed by atoms with van der Waals surface area (Å²) in [5.74, 6) is -0.0317. The van der Waals surface area contributed by atoms with Crippen molar-refractivity contribution in [3.05, 3.63) is 34.4 Å². The molecule has 20 heavy (non-hydrogen) atoms. The topological polar surface area (TPSA) is 51.1 Å². The van der Waals surface area contributed by atoms with Crippen LogP contribution in [0.3, 0.4) is 0 Å². The molecular formula is C15H17BrN2O2. The molecule has 2 aromatic rings. The number of benzene rings is 1. The van der Waals surface area contributed by atoms with Gasteiger partial charge >= 0.3 is 0 Å². The summed E-state index contributed by atoms with van der Waals surface area (Å²) >= 11 is 3.39. The summed E-state index contributed by atoms with van der Waals surface area (Å²) in [7, 11) is 0.